The van der Waals surface area contributed by atoms with Crippen LogP contribution >= 0.6 is 11.6 Å². The van der Waals surface area contributed by atoms with Gasteiger partial charge in [-0.2, -0.15) is 20.2 Å². The summed E-state index contributed by atoms with van der Waals surface area (Å²) in [4.78, 5) is 34.3. The molecular formula is C19H23ClN10O2. The van der Waals surface area contributed by atoms with Crippen LogP contribution in [0.15, 0.2) is 25.0 Å². The van der Waals surface area contributed by atoms with Crippen molar-refractivity contribution in [3.8, 4) is 0 Å². The first-order chi connectivity index (χ1) is 15.5. The molecule has 0 radical (unpaired) electrons. The lowest BCUT2D eigenvalue weighted by molar-refractivity contribution is -0.127. The number of piperidine rings is 1. The van der Waals surface area contributed by atoms with E-state index in [0.717, 1.165) is 12.8 Å². The molecule has 0 saturated carbocycles. The zero-order chi connectivity index (χ0) is 22.7. The molecule has 1 fully saturated rings. The fourth-order valence-corrected chi connectivity index (χ4v) is 3.76. The van der Waals surface area contributed by atoms with E-state index >= 15 is 0 Å². The molecule has 0 bridgehead atoms. The second-order valence-electron chi connectivity index (χ2n) is 7.33. The van der Waals surface area contributed by atoms with E-state index in [1.807, 2.05) is 0 Å². The standard InChI is InChI=1S/C19H23ClN10O2/c1-3-14(32)29-6-4-5-11(8-29)23-17-15-16(20)27-28-18(15)26-19(25-17)24-12-7-22-30(9-12)10-13(31)21-2/h3,7,9,11H,1,4-6,8,10H2,2H3,(H,21,31)(H3,23,24,25,26,27,28). The van der Waals surface area contributed by atoms with Crippen LogP contribution in [0.2, 0.25) is 5.15 Å². The number of aromatic nitrogens is 6. The minimum Gasteiger partial charge on any atom is -0.365 e. The van der Waals surface area contributed by atoms with Crippen LogP contribution in [0.25, 0.3) is 11.0 Å². The molecule has 1 aliphatic heterocycles. The van der Waals surface area contributed by atoms with E-state index in [1.165, 1.54) is 10.8 Å². The van der Waals surface area contributed by atoms with Crippen molar-refractivity contribution in [2.45, 2.75) is 25.4 Å². The molecule has 0 aliphatic carbocycles. The molecule has 1 unspecified atom stereocenters. The average molecular weight is 459 g/mol. The highest BCUT2D eigenvalue weighted by atomic mass is 35.5. The third kappa shape index (κ3) is 4.64. The van der Waals surface area contributed by atoms with Crippen LogP contribution in [0.5, 0.6) is 0 Å². The predicted molar refractivity (Wildman–Crippen MR) is 120 cm³/mol. The van der Waals surface area contributed by atoms with Crippen molar-refractivity contribution in [1.29, 1.82) is 0 Å². The van der Waals surface area contributed by atoms with Crippen molar-refractivity contribution in [2.24, 2.45) is 0 Å². The molecule has 32 heavy (non-hydrogen) atoms. The second-order valence-corrected chi connectivity index (χ2v) is 7.69. The highest BCUT2D eigenvalue weighted by Gasteiger charge is 2.24. The Hall–Kier alpha value is -3.67. The van der Waals surface area contributed by atoms with Gasteiger partial charge in [-0.25, -0.2) is 0 Å². The van der Waals surface area contributed by atoms with Crippen molar-refractivity contribution in [3.05, 3.63) is 30.2 Å². The quantitative estimate of drug-likeness (QED) is 0.387. The molecule has 1 atom stereocenters. The zero-order valence-corrected chi connectivity index (χ0v) is 18.2. The lowest BCUT2D eigenvalue weighted by Crippen LogP contribution is -2.44. The average Bonchev–Trinajstić information content (AvgIpc) is 3.39. The number of nitrogens with one attached hydrogen (secondary N) is 4. The summed E-state index contributed by atoms with van der Waals surface area (Å²) in [6.45, 7) is 4.89. The monoisotopic (exact) mass is 458 g/mol. The van der Waals surface area contributed by atoms with Gasteiger partial charge in [-0.05, 0) is 18.9 Å². The Kier molecular flexibility index (Phi) is 6.21. The number of rotatable bonds is 7. The van der Waals surface area contributed by atoms with Crippen LogP contribution in [0, 0.1) is 0 Å². The molecule has 13 heteroatoms. The molecule has 3 aromatic rings. The van der Waals surface area contributed by atoms with Crippen molar-refractivity contribution >= 4 is 51.9 Å². The Morgan fingerprint density at radius 1 is 1.41 bits per heavy atom. The maximum atomic E-state index is 12.0. The molecular weight excluding hydrogens is 436 g/mol. The van der Waals surface area contributed by atoms with Crippen LogP contribution < -0.4 is 16.0 Å². The minimum absolute atomic E-state index is 0.0140. The van der Waals surface area contributed by atoms with Gasteiger partial charge in [-0.15, -0.1) is 0 Å². The van der Waals surface area contributed by atoms with Crippen molar-refractivity contribution < 1.29 is 9.59 Å². The summed E-state index contributed by atoms with van der Waals surface area (Å²) < 4.78 is 1.50. The number of amides is 2. The summed E-state index contributed by atoms with van der Waals surface area (Å²) in [6.07, 6.45) is 6.31. The number of aromatic amines is 1. The molecule has 4 heterocycles. The normalized spacial score (nSPS) is 16.1. The number of anilines is 3. The van der Waals surface area contributed by atoms with Crippen molar-refractivity contribution in [2.75, 3.05) is 30.8 Å². The smallest absolute Gasteiger partial charge is 0.246 e. The molecule has 4 N–H and O–H groups in total. The summed E-state index contributed by atoms with van der Waals surface area (Å²) in [5, 5.41) is 20.8. The summed E-state index contributed by atoms with van der Waals surface area (Å²) in [5.74, 6) is 0.552. The summed E-state index contributed by atoms with van der Waals surface area (Å²) in [5.41, 5.74) is 1.08. The molecule has 3 aromatic heterocycles. The number of halogens is 1. The molecule has 12 nitrogen and oxygen atoms in total. The maximum absolute atomic E-state index is 12.0. The molecule has 0 aromatic carbocycles. The van der Waals surface area contributed by atoms with E-state index < -0.39 is 0 Å². The number of carbonyl (C=O) groups is 2. The summed E-state index contributed by atoms with van der Waals surface area (Å²) in [6, 6.07) is -0.0140. The number of likely N-dealkylation sites (N-methyl/N-ethyl adjacent to an activating group) is 1. The first-order valence-electron chi connectivity index (χ1n) is 10.1. The fourth-order valence-electron chi connectivity index (χ4n) is 3.54. The number of likely N-dealkylation sites (tertiary alicyclic amines) is 1. The Bertz CT molecular complexity index is 1160. The Morgan fingerprint density at radius 2 is 2.25 bits per heavy atom. The van der Waals surface area contributed by atoms with Crippen LogP contribution in [0.3, 0.4) is 0 Å². The molecule has 0 spiro atoms. The van der Waals surface area contributed by atoms with E-state index in [2.05, 4.69) is 47.8 Å². The van der Waals surface area contributed by atoms with E-state index in [0.29, 0.717) is 41.6 Å². The van der Waals surface area contributed by atoms with Gasteiger partial charge in [0.25, 0.3) is 0 Å². The number of nitrogens with zero attached hydrogens (tertiary/aromatic N) is 6. The van der Waals surface area contributed by atoms with Gasteiger partial charge >= 0.3 is 0 Å². The van der Waals surface area contributed by atoms with Gasteiger partial charge in [-0.1, -0.05) is 18.2 Å². The van der Waals surface area contributed by atoms with Gasteiger partial charge < -0.3 is 20.9 Å². The second kappa shape index (κ2) is 9.22. The summed E-state index contributed by atoms with van der Waals surface area (Å²) in [7, 11) is 1.57. The van der Waals surface area contributed by atoms with Gasteiger partial charge in [0.05, 0.1) is 11.9 Å². The fraction of sp³-hybridized carbons (Fsp3) is 0.368. The zero-order valence-electron chi connectivity index (χ0n) is 17.4. The maximum Gasteiger partial charge on any atom is 0.246 e. The highest BCUT2D eigenvalue weighted by Crippen LogP contribution is 2.29. The number of hydrogen-bond acceptors (Lipinski definition) is 8. The summed E-state index contributed by atoms with van der Waals surface area (Å²) >= 11 is 6.26. The number of H-pyrrole nitrogens is 1. The lowest BCUT2D eigenvalue weighted by atomic mass is 10.1. The van der Waals surface area contributed by atoms with Gasteiger partial charge in [0.2, 0.25) is 17.8 Å². The third-order valence-corrected chi connectivity index (χ3v) is 5.37. The van der Waals surface area contributed by atoms with Crippen LogP contribution in [0.1, 0.15) is 12.8 Å². The van der Waals surface area contributed by atoms with E-state index in [1.54, 1.807) is 24.3 Å². The molecule has 1 saturated heterocycles. The molecule has 4 rings (SSSR count). The van der Waals surface area contributed by atoms with Gasteiger partial charge in [-0.3, -0.25) is 19.4 Å². The molecule has 168 valence electrons. The van der Waals surface area contributed by atoms with E-state index in [9.17, 15) is 9.59 Å². The van der Waals surface area contributed by atoms with Crippen LogP contribution in [0.4, 0.5) is 17.5 Å². The van der Waals surface area contributed by atoms with Gasteiger partial charge in [0, 0.05) is 32.4 Å². The lowest BCUT2D eigenvalue weighted by Gasteiger charge is -2.32. The van der Waals surface area contributed by atoms with Crippen molar-refractivity contribution in [3.63, 3.8) is 0 Å². The first-order valence-corrected chi connectivity index (χ1v) is 10.4. The van der Waals surface area contributed by atoms with E-state index in [4.69, 9.17) is 11.6 Å². The Balaban J connectivity index is 1.56. The van der Waals surface area contributed by atoms with Gasteiger partial charge in [0.1, 0.15) is 17.7 Å². The largest absolute Gasteiger partial charge is 0.365 e. The van der Waals surface area contributed by atoms with E-state index in [-0.39, 0.29) is 29.6 Å². The number of carbonyl (C=O) groups excluding carboxylic acids is 2. The van der Waals surface area contributed by atoms with Crippen molar-refractivity contribution in [1.82, 2.24) is 40.2 Å². The number of fused-ring (bicyclic) bond motifs is 1. The first kappa shape index (κ1) is 21.6. The predicted octanol–water partition coefficient (Wildman–Crippen LogP) is 1.28. The van der Waals surface area contributed by atoms with Crippen LogP contribution in [-0.2, 0) is 16.1 Å². The molecule has 2 amide bonds. The minimum atomic E-state index is -0.160. The Labute approximate surface area is 188 Å². The SMILES string of the molecule is C=CC(=O)N1CCCC(Nc2nc(Nc3cnn(CC(=O)NC)c3)nc3[nH]nc(Cl)c23)C1. The highest BCUT2D eigenvalue weighted by molar-refractivity contribution is 6.35. The molecule has 1 aliphatic rings. The van der Waals surface area contributed by atoms with Gasteiger partial charge in [0.15, 0.2) is 10.8 Å². The topological polar surface area (TPSA) is 146 Å². The Morgan fingerprint density at radius 3 is 3.03 bits per heavy atom. The third-order valence-electron chi connectivity index (χ3n) is 5.10. The van der Waals surface area contributed by atoms with Crippen LogP contribution in [-0.4, -0.2) is 72.8 Å². The number of hydrogen-bond donors (Lipinski definition) is 4.